The van der Waals surface area contributed by atoms with E-state index in [9.17, 15) is 14.0 Å². The average Bonchev–Trinajstić information content (AvgIpc) is 2.81. The molecule has 1 aliphatic heterocycles. The topological polar surface area (TPSA) is 132 Å². The maximum atomic E-state index is 13.9. The van der Waals surface area contributed by atoms with E-state index in [2.05, 4.69) is 70.4 Å². The number of anilines is 3. The molecular formula is C27H40BrFN6O4Si. The van der Waals surface area contributed by atoms with Gasteiger partial charge < -0.3 is 25.5 Å². The molecule has 1 aliphatic rings. The van der Waals surface area contributed by atoms with Gasteiger partial charge in [-0.05, 0) is 73.9 Å². The number of carbonyl (C=O) groups is 2. The molecule has 3 heterocycles. The first-order valence-electron chi connectivity index (χ1n) is 13.2. The summed E-state index contributed by atoms with van der Waals surface area (Å²) in [4.78, 5) is 36.7. The molecule has 0 radical (unpaired) electrons. The molecule has 0 aliphatic carbocycles. The molecule has 0 unspecified atom stereocenters. The third-order valence-corrected chi connectivity index (χ3v) is 12.1. The van der Waals surface area contributed by atoms with Crippen LogP contribution in [0.5, 0.6) is 0 Å². The SMILES string of the molecule is CC(C)(C)OC(=O)N(c1ccncc1NC(=O)c1nc(Br)c(F)cc1N)[C@H]1CNCC[C@@H]1O[Si](C)(C)C(C)(C)C. The Morgan fingerprint density at radius 1 is 1.25 bits per heavy atom. The Hall–Kier alpha value is -2.61. The van der Waals surface area contributed by atoms with Crippen molar-refractivity contribution in [1.82, 2.24) is 15.3 Å². The predicted molar refractivity (Wildman–Crippen MR) is 161 cm³/mol. The van der Waals surface area contributed by atoms with Crippen molar-refractivity contribution < 1.29 is 23.1 Å². The number of hydrogen-bond acceptors (Lipinski definition) is 8. The van der Waals surface area contributed by atoms with Gasteiger partial charge in [0.15, 0.2) is 19.8 Å². The fourth-order valence-electron chi connectivity index (χ4n) is 4.03. The van der Waals surface area contributed by atoms with E-state index >= 15 is 0 Å². The van der Waals surface area contributed by atoms with E-state index in [0.717, 1.165) is 12.6 Å². The largest absolute Gasteiger partial charge is 0.443 e. The number of halogens is 2. The van der Waals surface area contributed by atoms with Crippen molar-refractivity contribution in [3.8, 4) is 0 Å². The standard InChI is InChI=1S/C27H40BrFN6O4Si/c1-26(2,3)38-25(37)35(20-15-32-12-10-21(20)39-40(7,8)27(4,5)6)19-9-11-31-14-18(19)33-24(36)22-17(30)13-16(29)23(28)34-22/h9,11,13-14,20-21,32H,10,12,15,30H2,1-8H3,(H,33,36)/t20-,21-/m0/s1. The molecule has 220 valence electrons. The highest BCUT2D eigenvalue weighted by atomic mass is 79.9. The van der Waals surface area contributed by atoms with Gasteiger partial charge in [-0.3, -0.25) is 14.7 Å². The molecule has 2 atom stereocenters. The van der Waals surface area contributed by atoms with Gasteiger partial charge in [-0.15, -0.1) is 0 Å². The van der Waals surface area contributed by atoms with E-state index in [-0.39, 0.29) is 32.8 Å². The van der Waals surface area contributed by atoms with Crippen molar-refractivity contribution in [2.24, 2.45) is 0 Å². The van der Waals surface area contributed by atoms with Gasteiger partial charge in [-0.1, -0.05) is 20.8 Å². The summed E-state index contributed by atoms with van der Waals surface area (Å²) in [6.45, 7) is 17.4. The Kier molecular flexibility index (Phi) is 9.65. The van der Waals surface area contributed by atoms with Crippen LogP contribution in [0.3, 0.4) is 0 Å². The van der Waals surface area contributed by atoms with Crippen LogP contribution in [0.25, 0.3) is 0 Å². The van der Waals surface area contributed by atoms with Crippen molar-refractivity contribution in [2.45, 2.75) is 83.8 Å². The number of nitrogen functional groups attached to an aromatic ring is 1. The minimum Gasteiger partial charge on any atom is -0.443 e. The second-order valence-electron chi connectivity index (χ2n) is 12.4. The molecule has 0 bridgehead atoms. The third-order valence-electron chi connectivity index (χ3n) is 7.05. The highest BCUT2D eigenvalue weighted by Gasteiger charge is 2.44. The fraction of sp³-hybridized carbons (Fsp3) is 0.556. The molecule has 0 saturated carbocycles. The van der Waals surface area contributed by atoms with Crippen LogP contribution < -0.4 is 21.3 Å². The number of aromatic nitrogens is 2. The van der Waals surface area contributed by atoms with Crippen LogP contribution >= 0.6 is 15.9 Å². The number of nitrogens with two attached hydrogens (primary N) is 1. The lowest BCUT2D eigenvalue weighted by molar-refractivity contribution is 0.0493. The molecule has 0 spiro atoms. The first-order chi connectivity index (χ1) is 18.4. The van der Waals surface area contributed by atoms with E-state index < -0.39 is 37.8 Å². The molecule has 10 nitrogen and oxygen atoms in total. The maximum absolute atomic E-state index is 13.9. The summed E-state index contributed by atoms with van der Waals surface area (Å²) in [6.07, 6.45) is 2.78. The van der Waals surface area contributed by atoms with E-state index in [1.165, 1.54) is 17.3 Å². The molecular weight excluding hydrogens is 599 g/mol. The first kappa shape index (κ1) is 31.9. The van der Waals surface area contributed by atoms with Crippen molar-refractivity contribution >= 4 is 53.3 Å². The molecule has 3 rings (SSSR count). The molecule has 40 heavy (non-hydrogen) atoms. The van der Waals surface area contributed by atoms with Gasteiger partial charge in [0.05, 0.1) is 35.4 Å². The Balaban J connectivity index is 2.07. The molecule has 2 aromatic heterocycles. The summed E-state index contributed by atoms with van der Waals surface area (Å²) < 4.78 is 26.4. The molecule has 1 saturated heterocycles. The number of rotatable bonds is 6. The summed E-state index contributed by atoms with van der Waals surface area (Å²) in [7, 11) is -2.21. The number of ether oxygens (including phenoxy) is 1. The molecule has 0 aromatic carbocycles. The first-order valence-corrected chi connectivity index (χ1v) is 16.9. The average molecular weight is 640 g/mol. The van der Waals surface area contributed by atoms with E-state index in [1.54, 1.807) is 26.8 Å². The number of amides is 2. The second-order valence-corrected chi connectivity index (χ2v) is 17.9. The minimum absolute atomic E-state index is 0.0364. The maximum Gasteiger partial charge on any atom is 0.415 e. The summed E-state index contributed by atoms with van der Waals surface area (Å²) in [5.41, 5.74) is 5.40. The highest BCUT2D eigenvalue weighted by molar-refractivity contribution is 9.10. The van der Waals surface area contributed by atoms with E-state index in [4.69, 9.17) is 14.9 Å². The highest BCUT2D eigenvalue weighted by Crippen LogP contribution is 2.40. The van der Waals surface area contributed by atoms with E-state index in [1.807, 2.05) is 0 Å². The number of pyridine rings is 2. The summed E-state index contributed by atoms with van der Waals surface area (Å²) in [5, 5.41) is 6.09. The van der Waals surface area contributed by atoms with Crippen LogP contribution in [0.15, 0.2) is 29.1 Å². The van der Waals surface area contributed by atoms with Gasteiger partial charge in [0.25, 0.3) is 5.91 Å². The molecule has 1 fully saturated rings. The lowest BCUT2D eigenvalue weighted by Crippen LogP contribution is -2.60. The zero-order valence-electron chi connectivity index (χ0n) is 24.4. The van der Waals surface area contributed by atoms with Crippen LogP contribution in [0.4, 0.5) is 26.2 Å². The summed E-state index contributed by atoms with van der Waals surface area (Å²) >= 11 is 2.99. The monoisotopic (exact) mass is 638 g/mol. The number of nitrogens with one attached hydrogen (secondary N) is 2. The normalized spacial score (nSPS) is 18.2. The van der Waals surface area contributed by atoms with Crippen molar-refractivity contribution in [2.75, 3.05) is 29.0 Å². The van der Waals surface area contributed by atoms with Gasteiger partial charge in [0.1, 0.15) is 10.2 Å². The quantitative estimate of drug-likeness (QED) is 0.271. The molecule has 4 N–H and O–H groups in total. The number of nitrogens with zero attached hydrogens (tertiary/aromatic N) is 3. The van der Waals surface area contributed by atoms with Crippen molar-refractivity contribution in [1.29, 1.82) is 0 Å². The van der Waals surface area contributed by atoms with Crippen molar-refractivity contribution in [3.63, 3.8) is 0 Å². The van der Waals surface area contributed by atoms with Gasteiger partial charge in [-0.2, -0.15) is 0 Å². The smallest absolute Gasteiger partial charge is 0.415 e. The number of hydrogen-bond donors (Lipinski definition) is 3. The van der Waals surface area contributed by atoms with Crippen LogP contribution in [0.1, 0.15) is 58.5 Å². The van der Waals surface area contributed by atoms with Crippen LogP contribution in [-0.4, -0.2) is 61.1 Å². The van der Waals surface area contributed by atoms with Gasteiger partial charge in [0.2, 0.25) is 0 Å². The van der Waals surface area contributed by atoms with Gasteiger partial charge >= 0.3 is 6.09 Å². The lowest BCUT2D eigenvalue weighted by atomic mass is 10.0. The predicted octanol–water partition coefficient (Wildman–Crippen LogP) is 5.71. The lowest BCUT2D eigenvalue weighted by Gasteiger charge is -2.46. The number of piperidine rings is 1. The van der Waals surface area contributed by atoms with Crippen molar-refractivity contribution in [3.05, 3.63) is 40.6 Å². The molecule has 13 heteroatoms. The Bertz CT molecular complexity index is 1250. The summed E-state index contributed by atoms with van der Waals surface area (Å²) in [5.74, 6) is -1.38. The Labute approximate surface area is 244 Å². The number of carbonyl (C=O) groups excluding carboxylic acids is 2. The Morgan fingerprint density at radius 2 is 1.93 bits per heavy atom. The second kappa shape index (κ2) is 12.1. The zero-order chi connectivity index (χ0) is 30.0. The third kappa shape index (κ3) is 7.56. The molecule has 2 amide bonds. The van der Waals surface area contributed by atoms with Crippen LogP contribution in [-0.2, 0) is 9.16 Å². The Morgan fingerprint density at radius 3 is 2.55 bits per heavy atom. The van der Waals surface area contributed by atoms with Crippen LogP contribution in [0, 0.1) is 5.82 Å². The zero-order valence-corrected chi connectivity index (χ0v) is 27.0. The fourth-order valence-corrected chi connectivity index (χ4v) is 5.71. The minimum atomic E-state index is -2.21. The van der Waals surface area contributed by atoms with Crippen LogP contribution in [0.2, 0.25) is 18.1 Å². The van der Waals surface area contributed by atoms with Gasteiger partial charge in [0, 0.05) is 18.8 Å². The molecule has 2 aromatic rings. The van der Waals surface area contributed by atoms with E-state index in [0.29, 0.717) is 18.7 Å². The van der Waals surface area contributed by atoms with Gasteiger partial charge in [-0.25, -0.2) is 14.2 Å². The summed E-state index contributed by atoms with van der Waals surface area (Å²) in [6, 6.07) is 2.20.